The molecule has 0 aliphatic carbocycles. The zero-order valence-electron chi connectivity index (χ0n) is 18.6. The molecule has 0 fully saturated rings. The lowest BCUT2D eigenvalue weighted by Gasteiger charge is -2.17. The third-order valence-electron chi connectivity index (χ3n) is 5.14. The molecule has 2 N–H and O–H groups in total. The van der Waals surface area contributed by atoms with E-state index < -0.39 is 32.0 Å². The molecular formula is C25H25FNO5P. The second-order valence-corrected chi connectivity index (χ2v) is 10.3. The van der Waals surface area contributed by atoms with E-state index in [9.17, 15) is 18.9 Å². The van der Waals surface area contributed by atoms with E-state index in [1.807, 2.05) is 38.1 Å². The highest BCUT2D eigenvalue weighted by atomic mass is 31.2. The van der Waals surface area contributed by atoms with E-state index in [0.717, 1.165) is 16.5 Å². The monoisotopic (exact) mass is 469 g/mol. The van der Waals surface area contributed by atoms with Gasteiger partial charge in [0.05, 0.1) is 35.5 Å². The first-order valence-electron chi connectivity index (χ1n) is 10.4. The largest absolute Gasteiger partial charge is 0.481 e. The molecule has 0 saturated carbocycles. The fourth-order valence-corrected chi connectivity index (χ4v) is 4.93. The van der Waals surface area contributed by atoms with Crippen LogP contribution in [0.5, 0.6) is 0 Å². The van der Waals surface area contributed by atoms with Crippen LogP contribution in [-0.4, -0.2) is 40.5 Å². The zero-order valence-corrected chi connectivity index (χ0v) is 19.5. The standard InChI is InChI=1S/C25H25FNO5P/c1-16(2)24-20-6-4-5-7-22(20)27-25(17-8-10-18(26)11-9-17)21(24)12-13-33(31,32-3)15-19(28)14-23(29)30/h4-11,16,19,28H,14-15H2,1-3H3,(H,29,30)/t19-,33?/m0/s1. The lowest BCUT2D eigenvalue weighted by atomic mass is 9.90. The topological polar surface area (TPSA) is 96.7 Å². The predicted octanol–water partition coefficient (Wildman–Crippen LogP) is 5.23. The predicted molar refractivity (Wildman–Crippen MR) is 126 cm³/mol. The molecule has 3 aromatic rings. The lowest BCUT2D eigenvalue weighted by Crippen LogP contribution is -2.17. The second-order valence-electron chi connectivity index (χ2n) is 7.95. The van der Waals surface area contributed by atoms with Crippen LogP contribution in [0.25, 0.3) is 22.2 Å². The highest BCUT2D eigenvalue weighted by Gasteiger charge is 2.26. The Morgan fingerprint density at radius 3 is 2.45 bits per heavy atom. The van der Waals surface area contributed by atoms with E-state index >= 15 is 0 Å². The van der Waals surface area contributed by atoms with Crippen LogP contribution in [0.4, 0.5) is 4.39 Å². The molecule has 6 nitrogen and oxygen atoms in total. The molecule has 1 aromatic heterocycles. The highest BCUT2D eigenvalue weighted by Crippen LogP contribution is 2.46. The molecule has 1 unspecified atom stereocenters. The van der Waals surface area contributed by atoms with Gasteiger partial charge < -0.3 is 14.7 Å². The average Bonchev–Trinajstić information content (AvgIpc) is 2.76. The van der Waals surface area contributed by atoms with Crippen molar-refractivity contribution in [2.45, 2.75) is 32.3 Å². The summed E-state index contributed by atoms with van der Waals surface area (Å²) >= 11 is 0. The van der Waals surface area contributed by atoms with Crippen molar-refractivity contribution in [3.05, 3.63) is 65.5 Å². The van der Waals surface area contributed by atoms with Crippen molar-refractivity contribution in [3.8, 4) is 22.8 Å². The fraction of sp³-hybridized carbons (Fsp3) is 0.280. The van der Waals surface area contributed by atoms with Gasteiger partial charge in [0.2, 0.25) is 0 Å². The van der Waals surface area contributed by atoms with Gasteiger partial charge in [-0.25, -0.2) is 9.37 Å². The molecule has 0 spiro atoms. The van der Waals surface area contributed by atoms with Gasteiger partial charge >= 0.3 is 5.97 Å². The number of aliphatic hydroxyl groups excluding tert-OH is 1. The number of carbonyl (C=O) groups is 1. The summed E-state index contributed by atoms with van der Waals surface area (Å²) in [7, 11) is -2.46. The summed E-state index contributed by atoms with van der Waals surface area (Å²) < 4.78 is 31.8. The Balaban J connectivity index is 2.23. The number of pyridine rings is 1. The molecule has 8 heteroatoms. The molecule has 0 amide bonds. The molecule has 1 heterocycles. The fourth-order valence-electron chi connectivity index (χ4n) is 3.63. The van der Waals surface area contributed by atoms with Gasteiger partial charge in [0.25, 0.3) is 7.37 Å². The Kier molecular flexibility index (Phi) is 7.65. The van der Waals surface area contributed by atoms with Crippen molar-refractivity contribution >= 4 is 24.2 Å². The summed E-state index contributed by atoms with van der Waals surface area (Å²) in [5.41, 5.74) is 5.99. The molecular weight excluding hydrogens is 444 g/mol. The number of carboxylic acids is 1. The molecule has 2 aromatic carbocycles. The number of fused-ring (bicyclic) bond motifs is 1. The number of aliphatic carboxylic acids is 1. The van der Waals surface area contributed by atoms with E-state index in [1.54, 1.807) is 12.1 Å². The van der Waals surface area contributed by atoms with Crippen LogP contribution in [0.2, 0.25) is 0 Å². The van der Waals surface area contributed by atoms with Crippen LogP contribution in [0.3, 0.4) is 0 Å². The summed E-state index contributed by atoms with van der Waals surface area (Å²) in [5, 5.41) is 19.7. The molecule has 0 aliphatic heterocycles. The van der Waals surface area contributed by atoms with Crippen LogP contribution < -0.4 is 0 Å². The SMILES string of the molecule is COP(=O)(C#Cc1c(-c2ccc(F)cc2)nc2ccccc2c1C(C)C)C[C@@H](O)CC(=O)O. The number of aliphatic hydroxyl groups is 1. The van der Waals surface area contributed by atoms with Crippen molar-refractivity contribution in [1.82, 2.24) is 4.98 Å². The third-order valence-corrected chi connectivity index (χ3v) is 7.08. The summed E-state index contributed by atoms with van der Waals surface area (Å²) in [6.07, 6.45) is -2.34. The Morgan fingerprint density at radius 1 is 1.18 bits per heavy atom. The number of hydrogen-bond acceptors (Lipinski definition) is 5. The molecule has 0 aliphatic rings. The van der Waals surface area contributed by atoms with Crippen molar-refractivity contribution < 1.29 is 28.5 Å². The molecule has 2 atom stereocenters. The van der Waals surface area contributed by atoms with Gasteiger partial charge in [-0.15, -0.1) is 0 Å². The number of para-hydroxylation sites is 1. The summed E-state index contributed by atoms with van der Waals surface area (Å²) in [4.78, 5) is 15.6. The first kappa shape index (κ1) is 24.6. The quantitative estimate of drug-likeness (QED) is 0.363. The average molecular weight is 469 g/mol. The molecule has 33 heavy (non-hydrogen) atoms. The van der Waals surface area contributed by atoms with Gasteiger partial charge in [-0.2, -0.15) is 0 Å². The smallest absolute Gasteiger partial charge is 0.305 e. The minimum absolute atomic E-state index is 0.0286. The van der Waals surface area contributed by atoms with Crippen molar-refractivity contribution in [2.24, 2.45) is 0 Å². The minimum Gasteiger partial charge on any atom is -0.481 e. The summed E-state index contributed by atoms with van der Waals surface area (Å²) in [5.74, 6) is 1.40. The normalized spacial score (nSPS) is 13.9. The Morgan fingerprint density at radius 2 is 1.85 bits per heavy atom. The van der Waals surface area contributed by atoms with Gasteiger partial charge in [0, 0.05) is 18.1 Å². The van der Waals surface area contributed by atoms with Gasteiger partial charge in [0.15, 0.2) is 0 Å². The van der Waals surface area contributed by atoms with Crippen LogP contribution in [-0.2, 0) is 13.9 Å². The molecule has 0 saturated heterocycles. The van der Waals surface area contributed by atoms with Crippen molar-refractivity contribution in [2.75, 3.05) is 13.3 Å². The Hall–Kier alpha value is -3.04. The number of rotatable bonds is 7. The molecule has 0 bridgehead atoms. The van der Waals surface area contributed by atoms with E-state index in [4.69, 9.17) is 14.6 Å². The van der Waals surface area contributed by atoms with Crippen molar-refractivity contribution in [3.63, 3.8) is 0 Å². The van der Waals surface area contributed by atoms with Crippen LogP contribution >= 0.6 is 7.37 Å². The zero-order chi connectivity index (χ0) is 24.2. The van der Waals surface area contributed by atoms with Crippen LogP contribution in [0.1, 0.15) is 37.3 Å². The maximum atomic E-state index is 13.6. The van der Waals surface area contributed by atoms with Gasteiger partial charge in [-0.1, -0.05) is 38.0 Å². The number of hydrogen-bond donors (Lipinski definition) is 2. The Labute approximate surface area is 191 Å². The number of aromatic nitrogens is 1. The van der Waals surface area contributed by atoms with E-state index in [-0.39, 0.29) is 11.7 Å². The molecule has 3 rings (SSSR count). The van der Waals surface area contributed by atoms with Gasteiger partial charge in [-0.3, -0.25) is 9.36 Å². The number of carboxylic acid groups (broad SMARTS) is 1. The molecule has 172 valence electrons. The number of benzene rings is 2. The van der Waals surface area contributed by atoms with Crippen LogP contribution in [0.15, 0.2) is 48.5 Å². The van der Waals surface area contributed by atoms with Gasteiger partial charge in [0.1, 0.15) is 5.82 Å². The maximum absolute atomic E-state index is 13.6. The van der Waals surface area contributed by atoms with E-state index in [0.29, 0.717) is 16.8 Å². The van der Waals surface area contributed by atoms with Crippen molar-refractivity contribution in [1.29, 1.82) is 0 Å². The summed E-state index contributed by atoms with van der Waals surface area (Å²) in [6.45, 7) is 4.02. The highest BCUT2D eigenvalue weighted by molar-refractivity contribution is 7.64. The third kappa shape index (κ3) is 5.85. The summed E-state index contributed by atoms with van der Waals surface area (Å²) in [6, 6.07) is 13.5. The Bertz CT molecular complexity index is 1280. The maximum Gasteiger partial charge on any atom is 0.305 e. The molecule has 0 radical (unpaired) electrons. The van der Waals surface area contributed by atoms with E-state index in [1.165, 1.54) is 19.2 Å². The number of halogens is 1. The first-order valence-corrected chi connectivity index (χ1v) is 12.2. The second kappa shape index (κ2) is 10.3. The van der Waals surface area contributed by atoms with E-state index in [2.05, 4.69) is 11.6 Å². The minimum atomic E-state index is -3.67. The lowest BCUT2D eigenvalue weighted by molar-refractivity contribution is -0.138. The van der Waals surface area contributed by atoms with Gasteiger partial charge in [-0.05, 0) is 47.5 Å². The van der Waals surface area contributed by atoms with Crippen LogP contribution in [0, 0.1) is 17.4 Å². The number of nitrogens with zero attached hydrogens (tertiary/aromatic N) is 1. The first-order chi connectivity index (χ1) is 15.6.